The van der Waals surface area contributed by atoms with Crippen LogP contribution in [-0.4, -0.2) is 23.5 Å². The summed E-state index contributed by atoms with van der Waals surface area (Å²) in [4.78, 5) is 21.6. The fourth-order valence-corrected chi connectivity index (χ4v) is 1.44. The summed E-state index contributed by atoms with van der Waals surface area (Å²) in [5, 5.41) is 10.7. The van der Waals surface area contributed by atoms with Crippen molar-refractivity contribution < 1.29 is 14.7 Å². The fraction of sp³-hybridized carbons (Fsp3) is 0.385. The Labute approximate surface area is 101 Å². The minimum absolute atomic E-state index is 0.214. The summed E-state index contributed by atoms with van der Waals surface area (Å²) in [6, 6.07) is 7.78. The van der Waals surface area contributed by atoms with Crippen LogP contribution in [0.5, 0.6) is 0 Å². The van der Waals surface area contributed by atoms with E-state index >= 15 is 0 Å². The van der Waals surface area contributed by atoms with Crippen LogP contribution in [0, 0.1) is 0 Å². The fourth-order valence-electron chi connectivity index (χ4n) is 1.44. The maximum Gasteiger partial charge on any atom is 0.322 e. The molecule has 0 fully saturated rings. The molecule has 0 saturated heterocycles. The van der Waals surface area contributed by atoms with Gasteiger partial charge in [-0.15, -0.1) is 0 Å². The van der Waals surface area contributed by atoms with Crippen molar-refractivity contribution in [3.63, 3.8) is 0 Å². The number of nitrogens with one attached hydrogen (secondary N) is 1. The van der Waals surface area contributed by atoms with E-state index in [0.29, 0.717) is 5.92 Å². The Kier molecular flexibility index (Phi) is 4.69. The predicted molar refractivity (Wildman–Crippen MR) is 64.9 cm³/mol. The van der Waals surface area contributed by atoms with Crippen molar-refractivity contribution in [2.24, 2.45) is 0 Å². The van der Waals surface area contributed by atoms with Crippen molar-refractivity contribution in [2.75, 3.05) is 6.54 Å². The number of hydrogen-bond acceptors (Lipinski definition) is 2. The third-order valence-corrected chi connectivity index (χ3v) is 2.45. The van der Waals surface area contributed by atoms with E-state index < -0.39 is 5.97 Å². The average Bonchev–Trinajstić information content (AvgIpc) is 2.27. The Morgan fingerprint density at radius 3 is 2.29 bits per heavy atom. The summed E-state index contributed by atoms with van der Waals surface area (Å²) in [5.74, 6) is -0.844. The number of carboxylic acids is 1. The molecule has 0 aliphatic heterocycles. The molecule has 0 aliphatic rings. The molecule has 2 N–H and O–H groups in total. The van der Waals surface area contributed by atoms with Crippen LogP contribution in [0.1, 0.15) is 30.9 Å². The molecule has 0 saturated carbocycles. The average molecular weight is 235 g/mol. The maximum absolute atomic E-state index is 11.4. The summed E-state index contributed by atoms with van der Waals surface area (Å²) >= 11 is 0. The van der Waals surface area contributed by atoms with Gasteiger partial charge in [0.15, 0.2) is 0 Å². The summed E-state index contributed by atoms with van der Waals surface area (Å²) in [6.07, 6.45) is 0.214. The number of amides is 1. The SMILES string of the molecule is CC(C)c1ccc(CC(=O)NCC(=O)O)cc1. The van der Waals surface area contributed by atoms with E-state index in [4.69, 9.17) is 5.11 Å². The molecule has 4 nitrogen and oxygen atoms in total. The molecule has 92 valence electrons. The van der Waals surface area contributed by atoms with Crippen LogP contribution in [0.2, 0.25) is 0 Å². The molecule has 0 aliphatic carbocycles. The van der Waals surface area contributed by atoms with Gasteiger partial charge >= 0.3 is 5.97 Å². The van der Waals surface area contributed by atoms with E-state index in [1.807, 2.05) is 24.3 Å². The highest BCUT2D eigenvalue weighted by atomic mass is 16.4. The number of rotatable bonds is 5. The molecule has 17 heavy (non-hydrogen) atoms. The quantitative estimate of drug-likeness (QED) is 0.813. The Morgan fingerprint density at radius 2 is 1.82 bits per heavy atom. The van der Waals surface area contributed by atoms with Crippen molar-refractivity contribution in [2.45, 2.75) is 26.2 Å². The van der Waals surface area contributed by atoms with Gasteiger partial charge < -0.3 is 10.4 Å². The van der Waals surface area contributed by atoms with Gasteiger partial charge in [-0.05, 0) is 17.0 Å². The van der Waals surface area contributed by atoms with Crippen LogP contribution in [0.4, 0.5) is 0 Å². The van der Waals surface area contributed by atoms with Gasteiger partial charge in [-0.25, -0.2) is 0 Å². The number of hydrogen-bond donors (Lipinski definition) is 2. The first-order chi connectivity index (χ1) is 7.99. The van der Waals surface area contributed by atoms with Crippen LogP contribution in [0.3, 0.4) is 0 Å². The molecule has 0 spiro atoms. The van der Waals surface area contributed by atoms with Crippen LogP contribution in [-0.2, 0) is 16.0 Å². The predicted octanol–water partition coefficient (Wildman–Crippen LogP) is 1.55. The first-order valence-electron chi connectivity index (χ1n) is 5.56. The number of benzene rings is 1. The van der Waals surface area contributed by atoms with Crippen LogP contribution in [0.25, 0.3) is 0 Å². The molecule has 0 unspecified atom stereocenters. The van der Waals surface area contributed by atoms with Crippen LogP contribution < -0.4 is 5.32 Å². The molecule has 0 bridgehead atoms. The van der Waals surface area contributed by atoms with Gasteiger partial charge in [0.25, 0.3) is 0 Å². The van der Waals surface area contributed by atoms with E-state index in [2.05, 4.69) is 19.2 Å². The Bertz CT molecular complexity index is 396. The molecule has 1 aromatic carbocycles. The van der Waals surface area contributed by atoms with Gasteiger partial charge in [-0.3, -0.25) is 9.59 Å². The second-order valence-electron chi connectivity index (χ2n) is 4.24. The van der Waals surface area contributed by atoms with Gasteiger partial charge in [0, 0.05) is 0 Å². The Hall–Kier alpha value is -1.84. The molecule has 1 rings (SSSR count). The van der Waals surface area contributed by atoms with E-state index in [1.165, 1.54) is 5.56 Å². The first kappa shape index (κ1) is 13.2. The summed E-state index contributed by atoms with van der Waals surface area (Å²) in [7, 11) is 0. The number of carbonyl (C=O) groups excluding carboxylic acids is 1. The zero-order valence-electron chi connectivity index (χ0n) is 10.1. The van der Waals surface area contributed by atoms with E-state index in [1.54, 1.807) is 0 Å². The van der Waals surface area contributed by atoms with Gasteiger partial charge in [0.2, 0.25) is 5.91 Å². The topological polar surface area (TPSA) is 66.4 Å². The third-order valence-electron chi connectivity index (χ3n) is 2.45. The number of carboxylic acid groups (broad SMARTS) is 1. The highest BCUT2D eigenvalue weighted by Gasteiger charge is 2.05. The normalized spacial score (nSPS) is 10.3. The minimum Gasteiger partial charge on any atom is -0.480 e. The molecule has 4 heteroatoms. The van der Waals surface area contributed by atoms with E-state index in [-0.39, 0.29) is 18.9 Å². The zero-order valence-corrected chi connectivity index (χ0v) is 10.1. The zero-order chi connectivity index (χ0) is 12.8. The molecular formula is C13H17NO3. The molecule has 0 aromatic heterocycles. The highest BCUT2D eigenvalue weighted by Crippen LogP contribution is 2.14. The molecule has 0 radical (unpaired) electrons. The van der Waals surface area contributed by atoms with Crippen molar-refractivity contribution in [1.82, 2.24) is 5.32 Å². The molecule has 1 aromatic rings. The van der Waals surface area contributed by atoms with Crippen molar-refractivity contribution in [1.29, 1.82) is 0 Å². The van der Waals surface area contributed by atoms with E-state index in [9.17, 15) is 9.59 Å². The Balaban J connectivity index is 2.51. The lowest BCUT2D eigenvalue weighted by Gasteiger charge is -2.07. The van der Waals surface area contributed by atoms with Crippen molar-refractivity contribution in [3.8, 4) is 0 Å². The lowest BCUT2D eigenvalue weighted by molar-refractivity contribution is -0.137. The van der Waals surface area contributed by atoms with E-state index in [0.717, 1.165) is 5.56 Å². The molecule has 1 amide bonds. The third kappa shape index (κ3) is 4.68. The lowest BCUT2D eigenvalue weighted by Crippen LogP contribution is -2.30. The first-order valence-corrected chi connectivity index (χ1v) is 5.56. The molecule has 0 heterocycles. The van der Waals surface area contributed by atoms with Crippen LogP contribution in [0.15, 0.2) is 24.3 Å². The minimum atomic E-state index is -1.03. The number of aliphatic carboxylic acids is 1. The standard InChI is InChI=1S/C13H17NO3/c1-9(2)11-5-3-10(4-6-11)7-12(15)14-8-13(16)17/h3-6,9H,7-8H2,1-2H3,(H,14,15)(H,16,17). The smallest absolute Gasteiger partial charge is 0.322 e. The summed E-state index contributed by atoms with van der Waals surface area (Å²) < 4.78 is 0. The summed E-state index contributed by atoms with van der Waals surface area (Å²) in [5.41, 5.74) is 2.11. The highest BCUT2D eigenvalue weighted by molar-refractivity contribution is 5.82. The molecular weight excluding hydrogens is 218 g/mol. The maximum atomic E-state index is 11.4. The largest absolute Gasteiger partial charge is 0.480 e. The van der Waals surface area contributed by atoms with Crippen molar-refractivity contribution >= 4 is 11.9 Å². The summed E-state index contributed by atoms with van der Waals surface area (Å²) in [6.45, 7) is 3.88. The Morgan fingerprint density at radius 1 is 1.24 bits per heavy atom. The monoisotopic (exact) mass is 235 g/mol. The van der Waals surface area contributed by atoms with Crippen molar-refractivity contribution in [3.05, 3.63) is 35.4 Å². The van der Waals surface area contributed by atoms with Gasteiger partial charge in [0.1, 0.15) is 6.54 Å². The van der Waals surface area contributed by atoms with Gasteiger partial charge in [-0.1, -0.05) is 38.1 Å². The number of carbonyl (C=O) groups is 2. The second kappa shape index (κ2) is 6.03. The second-order valence-corrected chi connectivity index (χ2v) is 4.24. The van der Waals surface area contributed by atoms with Gasteiger partial charge in [-0.2, -0.15) is 0 Å². The molecule has 0 atom stereocenters. The van der Waals surface area contributed by atoms with Crippen LogP contribution >= 0.6 is 0 Å². The lowest BCUT2D eigenvalue weighted by atomic mass is 10.0. The van der Waals surface area contributed by atoms with Gasteiger partial charge in [0.05, 0.1) is 6.42 Å².